The first-order valence-electron chi connectivity index (χ1n) is 7.40. The van der Waals surface area contributed by atoms with Gasteiger partial charge in [-0.25, -0.2) is 0 Å². The number of allylic oxidation sites excluding steroid dienone is 2. The van der Waals surface area contributed by atoms with Gasteiger partial charge in [-0.15, -0.1) is 0 Å². The fourth-order valence-corrected chi connectivity index (χ4v) is 4.40. The van der Waals surface area contributed by atoms with Crippen LogP contribution < -0.4 is 0 Å². The molecule has 0 aromatic heterocycles. The maximum atomic E-state index is 12.9. The second kappa shape index (κ2) is 3.90. The van der Waals surface area contributed by atoms with E-state index in [9.17, 15) is 20.6 Å². The smallest absolute Gasteiger partial charge is 0.330 e. The molecular weight excluding hydrogens is 278 g/mol. The number of rotatable bonds is 1. The molecule has 0 amide bonds. The molecule has 22 heavy (non-hydrogen) atoms. The summed E-state index contributed by atoms with van der Waals surface area (Å²) in [4.78, 5) is 12.9. The maximum absolute atomic E-state index is 12.9. The van der Waals surface area contributed by atoms with E-state index >= 15 is 0 Å². The van der Waals surface area contributed by atoms with E-state index in [1.165, 1.54) is 0 Å². The van der Waals surface area contributed by atoms with Gasteiger partial charge in [0.1, 0.15) is 5.60 Å². The molecule has 2 saturated carbocycles. The van der Waals surface area contributed by atoms with E-state index in [-0.39, 0.29) is 11.3 Å². The summed E-state index contributed by atoms with van der Waals surface area (Å²) in [5.41, 5.74) is -4.46. The average molecular weight is 295 g/mol. The number of ether oxygens (including phenoxy) is 1. The molecule has 5 nitrogen and oxygen atoms in total. The van der Waals surface area contributed by atoms with Crippen molar-refractivity contribution < 1.29 is 9.53 Å². The maximum Gasteiger partial charge on any atom is 0.330 e. The first kappa shape index (κ1) is 14.6. The van der Waals surface area contributed by atoms with Crippen LogP contribution in [-0.2, 0) is 9.53 Å². The van der Waals surface area contributed by atoms with Crippen molar-refractivity contribution in [3.8, 4) is 18.2 Å². The Morgan fingerprint density at radius 2 is 1.64 bits per heavy atom. The van der Waals surface area contributed by atoms with Gasteiger partial charge in [-0.1, -0.05) is 12.2 Å². The highest BCUT2D eigenvalue weighted by atomic mass is 16.6. The first-order valence-corrected chi connectivity index (χ1v) is 7.40. The molecule has 0 aromatic carbocycles. The number of nitrogens with zero attached hydrogens (tertiary/aromatic N) is 3. The lowest BCUT2D eigenvalue weighted by Crippen LogP contribution is -2.51. The van der Waals surface area contributed by atoms with Crippen LogP contribution in [0.4, 0.5) is 0 Å². The zero-order chi connectivity index (χ0) is 16.4. The Balaban J connectivity index is 2.20. The van der Waals surface area contributed by atoms with Gasteiger partial charge in [0, 0.05) is 11.8 Å². The second-order valence-corrected chi connectivity index (χ2v) is 7.53. The molecule has 1 spiro atoms. The molecule has 3 aliphatic carbocycles. The molecule has 3 unspecified atom stereocenters. The number of esters is 1. The lowest BCUT2D eigenvalue weighted by Gasteiger charge is -2.37. The highest BCUT2D eigenvalue weighted by molar-refractivity contribution is 5.86. The van der Waals surface area contributed by atoms with Crippen LogP contribution in [0.1, 0.15) is 33.6 Å². The summed E-state index contributed by atoms with van der Waals surface area (Å²) in [6, 6.07) is 6.10. The topological polar surface area (TPSA) is 97.7 Å². The predicted molar refractivity (Wildman–Crippen MR) is 75.3 cm³/mol. The minimum atomic E-state index is -1.74. The first-order chi connectivity index (χ1) is 10.2. The summed E-state index contributed by atoms with van der Waals surface area (Å²) in [5, 5.41) is 29.4. The van der Waals surface area contributed by atoms with Gasteiger partial charge in [0.05, 0.1) is 18.2 Å². The van der Waals surface area contributed by atoms with Crippen molar-refractivity contribution in [2.75, 3.05) is 0 Å². The molecule has 0 saturated heterocycles. The number of carbonyl (C=O) groups is 1. The Bertz CT molecular complexity index is 692. The fraction of sp³-hybridized carbons (Fsp3) is 0.647. The molecule has 0 aromatic rings. The highest BCUT2D eigenvalue weighted by Gasteiger charge is 2.84. The van der Waals surface area contributed by atoms with Crippen LogP contribution in [0, 0.1) is 62.1 Å². The minimum Gasteiger partial charge on any atom is -0.459 e. The largest absolute Gasteiger partial charge is 0.459 e. The molecule has 3 aliphatic rings. The Labute approximate surface area is 129 Å². The third kappa shape index (κ3) is 1.34. The Kier molecular flexibility index (Phi) is 2.59. The third-order valence-corrected chi connectivity index (χ3v) is 5.37. The zero-order valence-corrected chi connectivity index (χ0v) is 12.9. The molecule has 112 valence electrons. The van der Waals surface area contributed by atoms with Gasteiger partial charge < -0.3 is 4.74 Å². The van der Waals surface area contributed by atoms with Gasteiger partial charge in [0.2, 0.25) is 0 Å². The van der Waals surface area contributed by atoms with Crippen LogP contribution in [0.25, 0.3) is 0 Å². The molecule has 3 atom stereocenters. The Hall–Kier alpha value is -2.32. The summed E-state index contributed by atoms with van der Waals surface area (Å²) < 4.78 is 5.45. The van der Waals surface area contributed by atoms with Crippen LogP contribution in [0.5, 0.6) is 0 Å². The number of nitriles is 3. The average Bonchev–Trinajstić information content (AvgIpc) is 3.11. The molecule has 5 heteroatoms. The van der Waals surface area contributed by atoms with Crippen molar-refractivity contribution in [3.63, 3.8) is 0 Å². The summed E-state index contributed by atoms with van der Waals surface area (Å²) in [6.45, 7) is 5.14. The quantitative estimate of drug-likeness (QED) is 0.546. The molecule has 0 aliphatic heterocycles. The monoisotopic (exact) mass is 295 g/mol. The SMILES string of the molecule is CC(C)(C)OC(=O)C1(C#N)C2C=CC(C23CC3)C1(C#N)C#N. The van der Waals surface area contributed by atoms with E-state index in [2.05, 4.69) is 0 Å². The Morgan fingerprint density at radius 1 is 1.09 bits per heavy atom. The lowest BCUT2D eigenvalue weighted by molar-refractivity contribution is -0.169. The molecule has 2 bridgehead atoms. The summed E-state index contributed by atoms with van der Waals surface area (Å²) >= 11 is 0. The Morgan fingerprint density at radius 3 is 2.05 bits per heavy atom. The van der Waals surface area contributed by atoms with E-state index in [4.69, 9.17) is 4.74 Å². The van der Waals surface area contributed by atoms with Gasteiger partial charge in [-0.05, 0) is 39.0 Å². The zero-order valence-electron chi connectivity index (χ0n) is 12.9. The fourth-order valence-electron chi connectivity index (χ4n) is 4.40. The van der Waals surface area contributed by atoms with Crippen molar-refractivity contribution in [2.45, 2.75) is 39.2 Å². The van der Waals surface area contributed by atoms with E-state index in [1.54, 1.807) is 20.8 Å². The van der Waals surface area contributed by atoms with E-state index in [1.807, 2.05) is 30.4 Å². The van der Waals surface area contributed by atoms with Crippen LogP contribution in [0.15, 0.2) is 12.2 Å². The predicted octanol–water partition coefficient (Wildman–Crippen LogP) is 2.47. The summed E-state index contributed by atoms with van der Waals surface area (Å²) in [5.74, 6) is -1.52. The molecule has 0 radical (unpaired) electrons. The van der Waals surface area contributed by atoms with Crippen LogP contribution in [0.2, 0.25) is 0 Å². The van der Waals surface area contributed by atoms with Crippen molar-refractivity contribution >= 4 is 5.97 Å². The van der Waals surface area contributed by atoms with Crippen molar-refractivity contribution in [1.29, 1.82) is 15.8 Å². The second-order valence-electron chi connectivity index (χ2n) is 7.53. The van der Waals surface area contributed by atoms with E-state index < -0.39 is 28.3 Å². The van der Waals surface area contributed by atoms with Gasteiger partial charge in [-0.3, -0.25) is 4.79 Å². The highest BCUT2D eigenvalue weighted by Crippen LogP contribution is 2.79. The van der Waals surface area contributed by atoms with Crippen LogP contribution in [0.3, 0.4) is 0 Å². The third-order valence-electron chi connectivity index (χ3n) is 5.37. The normalized spacial score (nSPS) is 35.5. The number of hydrogen-bond acceptors (Lipinski definition) is 5. The van der Waals surface area contributed by atoms with Gasteiger partial charge in [0.15, 0.2) is 10.8 Å². The lowest BCUT2D eigenvalue weighted by atomic mass is 9.59. The van der Waals surface area contributed by atoms with Crippen LogP contribution in [-0.4, -0.2) is 11.6 Å². The number of carbonyl (C=O) groups excluding carboxylic acids is 1. The number of hydrogen-bond donors (Lipinski definition) is 0. The van der Waals surface area contributed by atoms with E-state index in [0.717, 1.165) is 12.8 Å². The van der Waals surface area contributed by atoms with Gasteiger partial charge in [-0.2, -0.15) is 15.8 Å². The van der Waals surface area contributed by atoms with Crippen molar-refractivity contribution in [3.05, 3.63) is 12.2 Å². The van der Waals surface area contributed by atoms with E-state index in [0.29, 0.717) is 0 Å². The summed E-state index contributed by atoms with van der Waals surface area (Å²) in [6.07, 6.45) is 5.38. The molecule has 3 rings (SSSR count). The molecule has 2 fully saturated rings. The standard InChI is InChI=1S/C17H17N3O2/c1-14(2,3)22-13(21)17(10-20)12-5-4-11(15(12)6-7-15)16(17,8-18)9-19/h4-5,11-12H,6-7H2,1-3H3. The summed E-state index contributed by atoms with van der Waals surface area (Å²) in [7, 11) is 0. The van der Waals surface area contributed by atoms with Gasteiger partial charge >= 0.3 is 5.97 Å². The van der Waals surface area contributed by atoms with Crippen molar-refractivity contribution in [2.24, 2.45) is 28.1 Å². The van der Waals surface area contributed by atoms with Gasteiger partial charge in [0.25, 0.3) is 0 Å². The molecule has 0 N–H and O–H groups in total. The molecular formula is C17H17N3O2. The van der Waals surface area contributed by atoms with Crippen LogP contribution >= 0.6 is 0 Å². The minimum absolute atomic E-state index is 0.280. The van der Waals surface area contributed by atoms with Crippen molar-refractivity contribution in [1.82, 2.24) is 0 Å². The molecule has 0 heterocycles.